The van der Waals surface area contributed by atoms with Crippen molar-refractivity contribution >= 4 is 10.8 Å². The molecule has 0 aliphatic carbocycles. The molecule has 1 radical (unpaired) electrons. The third-order valence-corrected chi connectivity index (χ3v) is 2.45. The maximum absolute atomic E-state index is 2.24. The predicted octanol–water partition coefficient (Wildman–Crippen LogP) is 4.41. The summed E-state index contributed by atoms with van der Waals surface area (Å²) in [5.41, 5.74) is 1.44. The number of fused-ring (bicyclic) bond motifs is 1. The van der Waals surface area contributed by atoms with Gasteiger partial charge in [-0.2, -0.15) is 0 Å². The van der Waals surface area contributed by atoms with Crippen LogP contribution in [0.15, 0.2) is 42.5 Å². The Morgan fingerprint density at radius 3 is 2.13 bits per heavy atom. The van der Waals surface area contributed by atoms with Crippen molar-refractivity contribution in [1.82, 2.24) is 0 Å². The van der Waals surface area contributed by atoms with Gasteiger partial charge in [0.15, 0.2) is 0 Å². The molecule has 0 N–H and O–H groups in total. The molecule has 0 fully saturated rings. The van der Waals surface area contributed by atoms with Crippen LogP contribution in [0.4, 0.5) is 0 Å². The summed E-state index contributed by atoms with van der Waals surface area (Å²) in [5, 5.41) is 2.73. The normalized spacial score (nSPS) is 9.53. The first kappa shape index (κ1) is 14.8. The van der Waals surface area contributed by atoms with Gasteiger partial charge in [-0.15, -0.1) is 0 Å². The van der Waals surface area contributed by atoms with Crippen molar-refractivity contribution in [3.05, 3.63) is 55.5 Å². The van der Waals surface area contributed by atoms with Crippen LogP contribution >= 0.6 is 0 Å². The van der Waals surface area contributed by atoms with Gasteiger partial charge in [0, 0.05) is 32.7 Å². The Bertz CT molecular complexity index is 413. The summed E-state index contributed by atoms with van der Waals surface area (Å²) in [7, 11) is 0. The van der Waals surface area contributed by atoms with Crippen molar-refractivity contribution in [3.8, 4) is 0 Å². The minimum absolute atomic E-state index is 0. The molecule has 1 heteroatoms. The van der Waals surface area contributed by atoms with Crippen LogP contribution in [-0.4, -0.2) is 0 Å². The van der Waals surface area contributed by atoms with E-state index in [0.717, 1.165) is 0 Å². The zero-order chi connectivity index (χ0) is 9.26. The van der Waals surface area contributed by atoms with E-state index in [4.69, 9.17) is 0 Å². The van der Waals surface area contributed by atoms with E-state index in [9.17, 15) is 0 Å². The summed E-state index contributed by atoms with van der Waals surface area (Å²) in [6, 6.07) is 15.1. The summed E-state index contributed by atoms with van der Waals surface area (Å²) in [5.74, 6) is 0.603. The predicted molar refractivity (Wildman–Crippen MR) is 64.5 cm³/mol. The number of hydrogen-bond donors (Lipinski definition) is 0. The van der Waals surface area contributed by atoms with Crippen molar-refractivity contribution in [2.45, 2.75) is 19.8 Å². The molecule has 0 aromatic heterocycles. The molecule has 2 aromatic rings. The van der Waals surface area contributed by atoms with Crippen LogP contribution in [0, 0.1) is 7.43 Å². The van der Waals surface area contributed by atoms with Gasteiger partial charge < -0.3 is 7.43 Å². The maximum Gasteiger partial charge on any atom is 0 e. The van der Waals surface area contributed by atoms with Crippen LogP contribution in [0.2, 0.25) is 0 Å². The Balaban J connectivity index is 0.000000980. The molecule has 15 heavy (non-hydrogen) atoms. The summed E-state index contributed by atoms with van der Waals surface area (Å²) in [6.07, 6.45) is 0. The molecule has 0 saturated carbocycles. The van der Waals surface area contributed by atoms with E-state index in [2.05, 4.69) is 56.3 Å². The van der Waals surface area contributed by atoms with Gasteiger partial charge in [0.2, 0.25) is 0 Å². The van der Waals surface area contributed by atoms with Gasteiger partial charge in [0.05, 0.1) is 0 Å². The molecule has 77 valence electrons. The molecule has 0 amide bonds. The quantitative estimate of drug-likeness (QED) is 0.676. The fraction of sp³-hybridized carbons (Fsp3) is 0.214. The van der Waals surface area contributed by atoms with Crippen molar-refractivity contribution in [3.63, 3.8) is 0 Å². The number of hydrogen-bond acceptors (Lipinski definition) is 0. The third-order valence-electron chi connectivity index (χ3n) is 2.45. The standard InChI is InChI=1S/C13H14.CH3.Y/c1-10(2)12-9-5-7-11-6-3-4-8-13(11)12;;/h3-10H,1-2H3;1H3;/q;-1;. The smallest absolute Gasteiger partial charge is 0 e. The minimum atomic E-state index is 0. The first-order valence-electron chi connectivity index (χ1n) is 4.76. The van der Waals surface area contributed by atoms with Crippen molar-refractivity contribution in [2.75, 3.05) is 0 Å². The van der Waals surface area contributed by atoms with Crippen LogP contribution in [0.5, 0.6) is 0 Å². The zero-order valence-electron chi connectivity index (χ0n) is 9.70. The molecule has 0 nitrogen and oxygen atoms in total. The second kappa shape index (κ2) is 6.40. The Labute approximate surface area is 118 Å². The van der Waals surface area contributed by atoms with Crippen LogP contribution in [0.1, 0.15) is 25.3 Å². The van der Waals surface area contributed by atoms with E-state index in [-0.39, 0.29) is 40.1 Å². The first-order valence-corrected chi connectivity index (χ1v) is 4.76. The fourth-order valence-corrected chi connectivity index (χ4v) is 1.75. The Hall–Kier alpha value is -0.196. The van der Waals surface area contributed by atoms with Gasteiger partial charge >= 0.3 is 0 Å². The molecule has 0 atom stereocenters. The third kappa shape index (κ3) is 3.13. The molecule has 2 rings (SSSR count). The molecule has 0 aliphatic heterocycles. The Kier molecular flexibility index (Phi) is 6.32. The second-order valence-electron chi connectivity index (χ2n) is 3.72. The summed E-state index contributed by atoms with van der Waals surface area (Å²) >= 11 is 0. The number of benzene rings is 2. The van der Waals surface area contributed by atoms with Crippen LogP contribution in [0.3, 0.4) is 0 Å². The molecule has 0 saturated heterocycles. The monoisotopic (exact) mass is 274 g/mol. The van der Waals surface area contributed by atoms with Gasteiger partial charge in [0.25, 0.3) is 0 Å². The molecular formula is C14H17Y-. The zero-order valence-corrected chi connectivity index (χ0v) is 12.5. The van der Waals surface area contributed by atoms with E-state index in [1.165, 1.54) is 16.3 Å². The average Bonchev–Trinajstić information content (AvgIpc) is 2.17. The van der Waals surface area contributed by atoms with Gasteiger partial charge in [-0.05, 0) is 22.3 Å². The summed E-state index contributed by atoms with van der Waals surface area (Å²) in [6.45, 7) is 4.48. The van der Waals surface area contributed by atoms with Crippen LogP contribution in [-0.2, 0) is 32.7 Å². The Morgan fingerprint density at radius 1 is 0.867 bits per heavy atom. The molecule has 0 bridgehead atoms. The van der Waals surface area contributed by atoms with E-state index in [1.807, 2.05) is 0 Å². The van der Waals surface area contributed by atoms with E-state index >= 15 is 0 Å². The Morgan fingerprint density at radius 2 is 1.47 bits per heavy atom. The molecule has 0 heterocycles. The van der Waals surface area contributed by atoms with Crippen LogP contribution in [0.25, 0.3) is 10.8 Å². The molecule has 0 spiro atoms. The van der Waals surface area contributed by atoms with Gasteiger partial charge in [0.1, 0.15) is 0 Å². The van der Waals surface area contributed by atoms with Crippen molar-refractivity contribution in [1.29, 1.82) is 0 Å². The SMILES string of the molecule is CC(C)c1cccc2ccccc12.[CH3-].[Y]. The maximum atomic E-state index is 2.24. The largest absolute Gasteiger partial charge is 0.358 e. The molecule has 0 unspecified atom stereocenters. The molecule has 0 aliphatic rings. The summed E-state index contributed by atoms with van der Waals surface area (Å²) in [4.78, 5) is 0. The van der Waals surface area contributed by atoms with Gasteiger partial charge in [-0.25, -0.2) is 0 Å². The topological polar surface area (TPSA) is 0 Å². The molecule has 2 aromatic carbocycles. The van der Waals surface area contributed by atoms with E-state index in [0.29, 0.717) is 5.92 Å². The average molecular weight is 274 g/mol. The van der Waals surface area contributed by atoms with E-state index in [1.54, 1.807) is 0 Å². The van der Waals surface area contributed by atoms with Crippen molar-refractivity contribution in [2.24, 2.45) is 0 Å². The fourth-order valence-electron chi connectivity index (χ4n) is 1.75. The minimum Gasteiger partial charge on any atom is -0.358 e. The van der Waals surface area contributed by atoms with Crippen LogP contribution < -0.4 is 0 Å². The molecular weight excluding hydrogens is 257 g/mol. The second-order valence-corrected chi connectivity index (χ2v) is 3.72. The van der Waals surface area contributed by atoms with Gasteiger partial charge in [-0.1, -0.05) is 56.3 Å². The van der Waals surface area contributed by atoms with E-state index < -0.39 is 0 Å². The first-order chi connectivity index (χ1) is 6.29. The summed E-state index contributed by atoms with van der Waals surface area (Å²) < 4.78 is 0. The van der Waals surface area contributed by atoms with Gasteiger partial charge in [-0.3, -0.25) is 0 Å². The van der Waals surface area contributed by atoms with Crippen molar-refractivity contribution < 1.29 is 32.7 Å². The number of rotatable bonds is 1.